The fourth-order valence-corrected chi connectivity index (χ4v) is 3.67. The SMILES string of the molecule is CC1(C)CCc2ccccc2[C@@H](Nc2ccc3nnc(C(F)F)n3n2)C1. The maximum Gasteiger partial charge on any atom is 0.299 e. The third-order valence-electron chi connectivity index (χ3n) is 5.06. The lowest BCUT2D eigenvalue weighted by atomic mass is 9.83. The summed E-state index contributed by atoms with van der Waals surface area (Å²) in [6.07, 6.45) is 0.364. The number of aryl methyl sites for hydroxylation is 1. The van der Waals surface area contributed by atoms with Crippen LogP contribution in [0.3, 0.4) is 0 Å². The second-order valence-electron chi connectivity index (χ2n) is 7.61. The van der Waals surface area contributed by atoms with Crippen molar-refractivity contribution >= 4 is 11.5 Å². The van der Waals surface area contributed by atoms with Crippen molar-refractivity contribution in [3.05, 3.63) is 53.3 Å². The number of alkyl halides is 2. The normalized spacial score (nSPS) is 19.3. The Kier molecular flexibility index (Phi) is 4.09. The number of rotatable bonds is 3. The van der Waals surface area contributed by atoms with Crippen LogP contribution in [0.1, 0.15) is 56.1 Å². The van der Waals surface area contributed by atoms with Crippen molar-refractivity contribution in [1.29, 1.82) is 0 Å². The first-order valence-electron chi connectivity index (χ1n) is 8.78. The maximum atomic E-state index is 13.1. The van der Waals surface area contributed by atoms with Crippen LogP contribution in [-0.4, -0.2) is 19.8 Å². The highest BCUT2D eigenvalue weighted by Gasteiger charge is 2.29. The summed E-state index contributed by atoms with van der Waals surface area (Å²) in [4.78, 5) is 0. The predicted octanol–water partition coefficient (Wildman–Crippen LogP) is 4.58. The van der Waals surface area contributed by atoms with Gasteiger partial charge in [-0.1, -0.05) is 38.1 Å². The monoisotopic (exact) mass is 357 g/mol. The second kappa shape index (κ2) is 6.30. The molecule has 136 valence electrons. The first-order valence-corrected chi connectivity index (χ1v) is 8.78. The van der Waals surface area contributed by atoms with E-state index in [1.54, 1.807) is 12.1 Å². The van der Waals surface area contributed by atoms with E-state index in [0.29, 0.717) is 11.5 Å². The number of nitrogens with zero attached hydrogens (tertiary/aromatic N) is 4. The number of anilines is 1. The Balaban J connectivity index is 1.71. The zero-order valence-electron chi connectivity index (χ0n) is 14.8. The van der Waals surface area contributed by atoms with Crippen molar-refractivity contribution in [3.63, 3.8) is 0 Å². The molecule has 3 aromatic rings. The summed E-state index contributed by atoms with van der Waals surface area (Å²) in [7, 11) is 0. The smallest absolute Gasteiger partial charge is 0.299 e. The molecule has 0 spiro atoms. The molecule has 1 atom stereocenters. The van der Waals surface area contributed by atoms with E-state index in [4.69, 9.17) is 0 Å². The fourth-order valence-electron chi connectivity index (χ4n) is 3.67. The van der Waals surface area contributed by atoms with Crippen molar-refractivity contribution in [3.8, 4) is 0 Å². The molecule has 7 heteroatoms. The van der Waals surface area contributed by atoms with Crippen LogP contribution in [0.2, 0.25) is 0 Å². The Morgan fingerprint density at radius 2 is 1.96 bits per heavy atom. The third-order valence-corrected chi connectivity index (χ3v) is 5.06. The number of aromatic nitrogens is 4. The summed E-state index contributed by atoms with van der Waals surface area (Å²) >= 11 is 0. The molecule has 0 unspecified atom stereocenters. The van der Waals surface area contributed by atoms with Gasteiger partial charge in [-0.15, -0.1) is 15.3 Å². The van der Waals surface area contributed by atoms with Gasteiger partial charge in [-0.05, 0) is 47.9 Å². The standard InChI is InChI=1S/C19H21F2N5/c1-19(2)10-9-12-5-3-4-6-13(12)14(11-19)22-15-7-8-16-23-24-18(17(20)21)26(16)25-15/h3-8,14,17H,9-11H2,1-2H3,(H,22,25)/t14-/m0/s1. The largest absolute Gasteiger partial charge is 0.362 e. The minimum Gasteiger partial charge on any atom is -0.362 e. The van der Waals surface area contributed by atoms with Gasteiger partial charge in [-0.3, -0.25) is 0 Å². The molecule has 0 amide bonds. The number of hydrogen-bond donors (Lipinski definition) is 1. The van der Waals surface area contributed by atoms with E-state index in [-0.39, 0.29) is 11.5 Å². The quantitative estimate of drug-likeness (QED) is 0.697. The topological polar surface area (TPSA) is 55.1 Å². The van der Waals surface area contributed by atoms with E-state index in [0.717, 1.165) is 23.8 Å². The summed E-state index contributed by atoms with van der Waals surface area (Å²) < 4.78 is 27.3. The molecule has 4 rings (SSSR count). The molecule has 0 saturated carbocycles. The summed E-state index contributed by atoms with van der Waals surface area (Å²) in [5.41, 5.74) is 3.06. The molecule has 1 aliphatic rings. The third kappa shape index (κ3) is 3.13. The van der Waals surface area contributed by atoms with Gasteiger partial charge < -0.3 is 5.32 Å². The molecule has 1 aliphatic carbocycles. The molecule has 0 fully saturated rings. The molecule has 2 aromatic heterocycles. The Morgan fingerprint density at radius 3 is 2.77 bits per heavy atom. The molecule has 1 aromatic carbocycles. The number of nitrogens with one attached hydrogen (secondary N) is 1. The van der Waals surface area contributed by atoms with E-state index < -0.39 is 12.2 Å². The van der Waals surface area contributed by atoms with Gasteiger partial charge in [0.05, 0.1) is 6.04 Å². The zero-order chi connectivity index (χ0) is 18.3. The van der Waals surface area contributed by atoms with Gasteiger partial charge in [0.15, 0.2) is 5.65 Å². The van der Waals surface area contributed by atoms with Crippen molar-refractivity contribution in [1.82, 2.24) is 19.8 Å². The molecule has 0 radical (unpaired) electrons. The second-order valence-corrected chi connectivity index (χ2v) is 7.61. The van der Waals surface area contributed by atoms with E-state index in [2.05, 4.69) is 52.7 Å². The van der Waals surface area contributed by atoms with Crippen LogP contribution < -0.4 is 5.32 Å². The highest BCUT2D eigenvalue weighted by Crippen LogP contribution is 2.40. The van der Waals surface area contributed by atoms with E-state index in [1.165, 1.54) is 11.1 Å². The molecule has 2 heterocycles. The molecule has 0 aliphatic heterocycles. The van der Waals surface area contributed by atoms with Crippen molar-refractivity contribution < 1.29 is 8.78 Å². The van der Waals surface area contributed by atoms with Crippen molar-refractivity contribution in [2.24, 2.45) is 5.41 Å². The first-order chi connectivity index (χ1) is 12.4. The highest BCUT2D eigenvalue weighted by atomic mass is 19.3. The summed E-state index contributed by atoms with van der Waals surface area (Å²) in [5, 5.41) is 15.0. The van der Waals surface area contributed by atoms with Crippen molar-refractivity contribution in [2.45, 2.75) is 45.6 Å². The predicted molar refractivity (Wildman–Crippen MR) is 95.3 cm³/mol. The number of halogens is 2. The van der Waals surface area contributed by atoms with Crippen LogP contribution in [-0.2, 0) is 6.42 Å². The lowest BCUT2D eigenvalue weighted by Crippen LogP contribution is -2.20. The van der Waals surface area contributed by atoms with Gasteiger partial charge >= 0.3 is 0 Å². The number of hydrogen-bond acceptors (Lipinski definition) is 4. The van der Waals surface area contributed by atoms with Crippen LogP contribution in [0.4, 0.5) is 14.6 Å². The Labute approximate surface area is 150 Å². The van der Waals surface area contributed by atoms with Crippen LogP contribution in [0.15, 0.2) is 36.4 Å². The molecule has 0 bridgehead atoms. The molecule has 5 nitrogen and oxygen atoms in total. The maximum absolute atomic E-state index is 13.1. The van der Waals surface area contributed by atoms with Crippen LogP contribution >= 0.6 is 0 Å². The number of fused-ring (bicyclic) bond motifs is 2. The molecule has 0 saturated heterocycles. The molecular formula is C19H21F2N5. The van der Waals surface area contributed by atoms with Gasteiger partial charge in [0.25, 0.3) is 6.43 Å². The number of benzene rings is 1. The van der Waals surface area contributed by atoms with Gasteiger partial charge in [0, 0.05) is 0 Å². The average molecular weight is 357 g/mol. The zero-order valence-corrected chi connectivity index (χ0v) is 14.8. The van der Waals surface area contributed by atoms with Crippen LogP contribution in [0.25, 0.3) is 5.65 Å². The minimum absolute atomic E-state index is 0.0696. The van der Waals surface area contributed by atoms with Gasteiger partial charge in [-0.2, -0.15) is 4.52 Å². The van der Waals surface area contributed by atoms with E-state index >= 15 is 0 Å². The molecular weight excluding hydrogens is 336 g/mol. The van der Waals surface area contributed by atoms with Gasteiger partial charge in [0.1, 0.15) is 5.82 Å². The van der Waals surface area contributed by atoms with Gasteiger partial charge in [-0.25, -0.2) is 8.78 Å². The van der Waals surface area contributed by atoms with E-state index in [9.17, 15) is 8.78 Å². The lowest BCUT2D eigenvalue weighted by molar-refractivity contribution is 0.137. The summed E-state index contributed by atoms with van der Waals surface area (Å²) in [6, 6.07) is 11.9. The van der Waals surface area contributed by atoms with Crippen LogP contribution in [0, 0.1) is 5.41 Å². The highest BCUT2D eigenvalue weighted by molar-refractivity contribution is 5.46. The Morgan fingerprint density at radius 1 is 1.15 bits per heavy atom. The van der Waals surface area contributed by atoms with Gasteiger partial charge in [0.2, 0.25) is 5.82 Å². The fraction of sp³-hybridized carbons (Fsp3) is 0.421. The first kappa shape index (κ1) is 16.9. The molecule has 26 heavy (non-hydrogen) atoms. The summed E-state index contributed by atoms with van der Waals surface area (Å²) in [6.45, 7) is 4.53. The average Bonchev–Trinajstić information content (AvgIpc) is 2.97. The van der Waals surface area contributed by atoms with E-state index in [1.807, 2.05) is 6.07 Å². The lowest BCUT2D eigenvalue weighted by Gasteiger charge is -2.28. The Hall–Kier alpha value is -2.57. The molecule has 1 N–H and O–H groups in total. The Bertz CT molecular complexity index is 935. The minimum atomic E-state index is -2.72. The van der Waals surface area contributed by atoms with Crippen LogP contribution in [0.5, 0.6) is 0 Å². The summed E-state index contributed by atoms with van der Waals surface area (Å²) in [5.74, 6) is 0.0990. The van der Waals surface area contributed by atoms with Crippen molar-refractivity contribution in [2.75, 3.05) is 5.32 Å².